The van der Waals surface area contributed by atoms with E-state index < -0.39 is 5.91 Å². The van der Waals surface area contributed by atoms with Crippen molar-refractivity contribution < 1.29 is 14.3 Å². The monoisotopic (exact) mass is 356 g/mol. The van der Waals surface area contributed by atoms with Crippen molar-refractivity contribution in [2.24, 2.45) is 0 Å². The second-order valence-corrected chi connectivity index (χ2v) is 5.57. The van der Waals surface area contributed by atoms with Gasteiger partial charge in [-0.1, -0.05) is 29.8 Å². The summed E-state index contributed by atoms with van der Waals surface area (Å²) in [4.78, 5) is 12.5. The van der Waals surface area contributed by atoms with E-state index in [9.17, 15) is 10.1 Å². The second kappa shape index (κ2) is 8.22. The van der Waals surface area contributed by atoms with Crippen molar-refractivity contribution in [1.82, 2.24) is 0 Å². The fourth-order valence-corrected chi connectivity index (χ4v) is 2.36. The lowest BCUT2D eigenvalue weighted by Crippen LogP contribution is -2.14. The number of benzene rings is 2. The van der Waals surface area contributed by atoms with Crippen molar-refractivity contribution in [1.29, 1.82) is 5.26 Å². The van der Waals surface area contributed by atoms with E-state index in [1.54, 1.807) is 30.3 Å². The first kappa shape index (κ1) is 18.4. The SMILES string of the molecule is COc1ccccc1/C=C(\C#N)C(=O)Nc1cc(C)c(Cl)cc1OC. The van der Waals surface area contributed by atoms with Crippen LogP contribution >= 0.6 is 11.6 Å². The Bertz CT molecular complexity index is 869. The maximum Gasteiger partial charge on any atom is 0.266 e. The molecule has 0 heterocycles. The van der Waals surface area contributed by atoms with Crippen LogP contribution in [-0.2, 0) is 4.79 Å². The van der Waals surface area contributed by atoms with Gasteiger partial charge in [-0.2, -0.15) is 5.26 Å². The van der Waals surface area contributed by atoms with E-state index >= 15 is 0 Å². The van der Waals surface area contributed by atoms with Gasteiger partial charge in [0, 0.05) is 16.7 Å². The van der Waals surface area contributed by atoms with Crippen LogP contribution in [0.5, 0.6) is 11.5 Å². The van der Waals surface area contributed by atoms with E-state index in [2.05, 4.69) is 5.32 Å². The average molecular weight is 357 g/mol. The molecule has 0 aliphatic rings. The molecule has 2 aromatic carbocycles. The van der Waals surface area contributed by atoms with E-state index in [1.165, 1.54) is 20.3 Å². The van der Waals surface area contributed by atoms with Crippen LogP contribution in [-0.4, -0.2) is 20.1 Å². The van der Waals surface area contributed by atoms with E-state index in [1.807, 2.05) is 19.1 Å². The molecule has 0 atom stereocenters. The largest absolute Gasteiger partial charge is 0.496 e. The first-order valence-electron chi connectivity index (χ1n) is 7.40. The van der Waals surface area contributed by atoms with Gasteiger partial charge in [-0.15, -0.1) is 0 Å². The molecule has 0 bridgehead atoms. The van der Waals surface area contributed by atoms with Gasteiger partial charge < -0.3 is 14.8 Å². The molecule has 0 fully saturated rings. The molecule has 0 aliphatic carbocycles. The maximum absolute atomic E-state index is 12.5. The van der Waals surface area contributed by atoms with Gasteiger partial charge in [-0.05, 0) is 30.7 Å². The first-order valence-corrected chi connectivity index (χ1v) is 7.78. The van der Waals surface area contributed by atoms with Crippen molar-refractivity contribution in [2.45, 2.75) is 6.92 Å². The van der Waals surface area contributed by atoms with Crippen LogP contribution in [0.4, 0.5) is 5.69 Å². The lowest BCUT2D eigenvalue weighted by molar-refractivity contribution is -0.112. The molecule has 0 saturated heterocycles. The van der Waals surface area contributed by atoms with Crippen LogP contribution in [0, 0.1) is 18.3 Å². The van der Waals surface area contributed by atoms with Crippen LogP contribution in [0.15, 0.2) is 42.0 Å². The number of rotatable bonds is 5. The van der Waals surface area contributed by atoms with Crippen LogP contribution in [0.25, 0.3) is 6.08 Å². The topological polar surface area (TPSA) is 71.3 Å². The molecule has 0 aromatic heterocycles. The Morgan fingerprint density at radius 1 is 1.20 bits per heavy atom. The number of ether oxygens (including phenoxy) is 2. The summed E-state index contributed by atoms with van der Waals surface area (Å²) in [6.45, 7) is 1.81. The summed E-state index contributed by atoms with van der Waals surface area (Å²) in [6, 6.07) is 12.3. The molecule has 2 rings (SSSR count). The van der Waals surface area contributed by atoms with Crippen molar-refractivity contribution in [3.63, 3.8) is 0 Å². The number of carbonyl (C=O) groups is 1. The van der Waals surface area contributed by atoms with Gasteiger partial charge in [0.2, 0.25) is 0 Å². The number of nitrogens with zero attached hydrogens (tertiary/aromatic N) is 1. The quantitative estimate of drug-likeness (QED) is 0.643. The third-order valence-corrected chi connectivity index (χ3v) is 3.94. The fourth-order valence-electron chi connectivity index (χ4n) is 2.21. The zero-order chi connectivity index (χ0) is 18.4. The van der Waals surface area contributed by atoms with Crippen LogP contribution in [0.2, 0.25) is 5.02 Å². The molecule has 0 spiro atoms. The third-order valence-electron chi connectivity index (χ3n) is 3.53. The minimum absolute atomic E-state index is 0.0563. The molecule has 5 nitrogen and oxygen atoms in total. The number of amides is 1. The number of hydrogen-bond acceptors (Lipinski definition) is 4. The number of methoxy groups -OCH3 is 2. The first-order chi connectivity index (χ1) is 12.0. The maximum atomic E-state index is 12.5. The van der Waals surface area contributed by atoms with Gasteiger partial charge in [-0.3, -0.25) is 4.79 Å². The molecule has 0 unspecified atom stereocenters. The fraction of sp³-hybridized carbons (Fsp3) is 0.158. The van der Waals surface area contributed by atoms with Gasteiger partial charge in [-0.25, -0.2) is 0 Å². The summed E-state index contributed by atoms with van der Waals surface area (Å²) in [7, 11) is 3.01. The minimum atomic E-state index is -0.548. The Morgan fingerprint density at radius 3 is 2.52 bits per heavy atom. The van der Waals surface area contributed by atoms with E-state index in [-0.39, 0.29) is 5.57 Å². The number of nitriles is 1. The zero-order valence-electron chi connectivity index (χ0n) is 14.1. The Labute approximate surface area is 151 Å². The highest BCUT2D eigenvalue weighted by atomic mass is 35.5. The summed E-state index contributed by atoms with van der Waals surface area (Å²) in [5.74, 6) is 0.440. The highest BCUT2D eigenvalue weighted by Gasteiger charge is 2.14. The van der Waals surface area contributed by atoms with Crippen molar-refractivity contribution >= 4 is 29.3 Å². The van der Waals surface area contributed by atoms with E-state index in [0.717, 1.165) is 5.56 Å². The Hall–Kier alpha value is -2.97. The predicted octanol–water partition coefficient (Wildman–Crippen LogP) is 4.21. The van der Waals surface area contributed by atoms with Crippen molar-refractivity contribution in [2.75, 3.05) is 19.5 Å². The van der Waals surface area contributed by atoms with Gasteiger partial charge in [0.05, 0.1) is 19.9 Å². The van der Waals surface area contributed by atoms with Crippen molar-refractivity contribution in [3.05, 3.63) is 58.1 Å². The number of aryl methyl sites for hydroxylation is 1. The van der Waals surface area contributed by atoms with Gasteiger partial charge in [0.15, 0.2) is 0 Å². The number of anilines is 1. The predicted molar refractivity (Wildman–Crippen MR) is 98.0 cm³/mol. The molecule has 128 valence electrons. The molecular formula is C19H17ClN2O3. The molecule has 0 saturated carbocycles. The zero-order valence-corrected chi connectivity index (χ0v) is 14.8. The Balaban J connectivity index is 2.34. The van der Waals surface area contributed by atoms with Crippen LogP contribution < -0.4 is 14.8 Å². The lowest BCUT2D eigenvalue weighted by atomic mass is 10.1. The minimum Gasteiger partial charge on any atom is -0.496 e. The molecule has 0 radical (unpaired) electrons. The highest BCUT2D eigenvalue weighted by Crippen LogP contribution is 2.31. The van der Waals surface area contributed by atoms with E-state index in [4.69, 9.17) is 21.1 Å². The lowest BCUT2D eigenvalue weighted by Gasteiger charge is -2.12. The smallest absolute Gasteiger partial charge is 0.266 e. The Morgan fingerprint density at radius 2 is 1.88 bits per heavy atom. The van der Waals surface area contributed by atoms with E-state index in [0.29, 0.717) is 27.8 Å². The van der Waals surface area contributed by atoms with Gasteiger partial charge >= 0.3 is 0 Å². The number of carbonyl (C=O) groups excluding carboxylic acids is 1. The summed E-state index contributed by atoms with van der Waals surface area (Å²) in [5, 5.41) is 12.6. The molecular weight excluding hydrogens is 340 g/mol. The van der Waals surface area contributed by atoms with Gasteiger partial charge in [0.25, 0.3) is 5.91 Å². The number of para-hydroxylation sites is 1. The molecule has 2 aromatic rings. The third kappa shape index (κ3) is 4.31. The standard InChI is InChI=1S/C19H17ClN2O3/c1-12-8-16(18(25-3)10-15(12)20)22-19(23)14(11-21)9-13-6-4-5-7-17(13)24-2/h4-10H,1-3H3,(H,22,23)/b14-9+. The number of hydrogen-bond donors (Lipinski definition) is 1. The molecule has 6 heteroatoms. The van der Waals surface area contributed by atoms with Gasteiger partial charge in [0.1, 0.15) is 23.1 Å². The molecule has 0 aliphatic heterocycles. The summed E-state index contributed by atoms with van der Waals surface area (Å²) in [6.07, 6.45) is 1.48. The summed E-state index contributed by atoms with van der Waals surface area (Å²) < 4.78 is 10.5. The molecule has 1 amide bonds. The van der Waals surface area contributed by atoms with Crippen LogP contribution in [0.3, 0.4) is 0 Å². The van der Waals surface area contributed by atoms with Crippen LogP contribution in [0.1, 0.15) is 11.1 Å². The summed E-state index contributed by atoms with van der Waals surface area (Å²) in [5.41, 5.74) is 1.80. The highest BCUT2D eigenvalue weighted by molar-refractivity contribution is 6.31. The average Bonchev–Trinajstić information content (AvgIpc) is 2.62. The second-order valence-electron chi connectivity index (χ2n) is 5.17. The number of nitrogens with one attached hydrogen (secondary N) is 1. The molecule has 1 N–H and O–H groups in total. The molecule has 25 heavy (non-hydrogen) atoms. The normalized spacial score (nSPS) is 10.8. The Kier molecular flexibility index (Phi) is 6.04. The number of halogens is 1. The van der Waals surface area contributed by atoms with Crippen molar-refractivity contribution in [3.8, 4) is 17.6 Å². The summed E-state index contributed by atoms with van der Waals surface area (Å²) >= 11 is 6.06.